The molecule has 3 N–H and O–H groups in total. The third kappa shape index (κ3) is 7.90. The van der Waals surface area contributed by atoms with E-state index in [1.54, 1.807) is 22.9 Å². The van der Waals surface area contributed by atoms with Gasteiger partial charge in [0.1, 0.15) is 23.4 Å². The van der Waals surface area contributed by atoms with Crippen molar-refractivity contribution in [3.63, 3.8) is 0 Å². The number of piperazine rings is 1. The van der Waals surface area contributed by atoms with Crippen LogP contribution in [-0.2, 0) is 22.6 Å². The van der Waals surface area contributed by atoms with E-state index in [0.717, 1.165) is 23.5 Å². The average molecular weight is 539 g/mol. The second kappa shape index (κ2) is 14.3. The number of rotatable bonds is 14. The average Bonchev–Trinajstić information content (AvgIpc) is 2.89. The van der Waals surface area contributed by atoms with E-state index >= 15 is 0 Å². The van der Waals surface area contributed by atoms with Crippen molar-refractivity contribution in [3.05, 3.63) is 40.7 Å². The van der Waals surface area contributed by atoms with Crippen molar-refractivity contribution in [2.75, 3.05) is 61.2 Å². The highest BCUT2D eigenvalue weighted by Gasteiger charge is 2.23. The van der Waals surface area contributed by atoms with Gasteiger partial charge in [0.25, 0.3) is 0 Å². The van der Waals surface area contributed by atoms with Gasteiger partial charge in [0, 0.05) is 55.8 Å². The van der Waals surface area contributed by atoms with E-state index in [9.17, 15) is 19.6 Å². The Morgan fingerprint density at radius 2 is 2.08 bits per heavy atom. The number of pyridine rings is 2. The zero-order valence-electron chi connectivity index (χ0n) is 22.0. The van der Waals surface area contributed by atoms with Crippen LogP contribution >= 0.6 is 11.8 Å². The van der Waals surface area contributed by atoms with E-state index in [1.165, 1.54) is 0 Å². The molecule has 0 aromatic carbocycles. The number of aryl methyl sites for hydroxylation is 1. The first-order chi connectivity index (χ1) is 18.4. The summed E-state index contributed by atoms with van der Waals surface area (Å²) in [5.41, 5.74) is 2.87. The number of amides is 2. The minimum atomic E-state index is 0.00283. The number of carbonyl (C=O) groups is 3. The molecule has 38 heavy (non-hydrogen) atoms. The third-order valence-electron chi connectivity index (χ3n) is 6.16. The minimum absolute atomic E-state index is 0.00283. The van der Waals surface area contributed by atoms with Crippen LogP contribution in [0, 0.1) is 11.3 Å². The van der Waals surface area contributed by atoms with Crippen molar-refractivity contribution in [1.29, 1.82) is 5.26 Å². The van der Waals surface area contributed by atoms with Gasteiger partial charge >= 0.3 is 0 Å². The summed E-state index contributed by atoms with van der Waals surface area (Å²) in [6.07, 6.45) is 6.04. The molecule has 2 aromatic heterocycles. The predicted octanol–water partition coefficient (Wildman–Crippen LogP) is 2.21. The summed E-state index contributed by atoms with van der Waals surface area (Å²) in [6.45, 7) is 4.61. The Kier molecular flexibility index (Phi) is 10.9. The van der Waals surface area contributed by atoms with Gasteiger partial charge in [-0.15, -0.1) is 0 Å². The van der Waals surface area contributed by atoms with Gasteiger partial charge in [-0.05, 0) is 44.7 Å². The molecule has 0 bridgehead atoms. The number of nitriles is 1. The highest BCUT2D eigenvalue weighted by Crippen LogP contribution is 2.22. The summed E-state index contributed by atoms with van der Waals surface area (Å²) >= 11 is 1.73. The fourth-order valence-electron chi connectivity index (χ4n) is 4.23. The lowest BCUT2D eigenvalue weighted by Gasteiger charge is -2.32. The number of anilines is 3. The minimum Gasteiger partial charge on any atom is -0.381 e. The van der Waals surface area contributed by atoms with Crippen molar-refractivity contribution < 1.29 is 14.4 Å². The highest BCUT2D eigenvalue weighted by atomic mass is 32.2. The van der Waals surface area contributed by atoms with Crippen molar-refractivity contribution in [2.24, 2.45) is 0 Å². The van der Waals surface area contributed by atoms with Gasteiger partial charge in [0.05, 0.1) is 17.8 Å². The standard InChI is InChI=1S/C26H34N8O3S/c1-18(16-38-3)31-22-10-24(29-12-21(22)11-27)28-6-4-5-19-9-20(23(15-35)32-26(19)30-17-36)13-34-8-7-33(2)14-25(34)37/h9-10,12,15,17-18H,4-8,13-14,16H2,1-3H3,(H2,28,29,31)(H,30,32,36). The summed E-state index contributed by atoms with van der Waals surface area (Å²) in [4.78, 5) is 47.7. The number of nitrogens with one attached hydrogen (secondary N) is 3. The molecule has 11 nitrogen and oxygen atoms in total. The maximum Gasteiger partial charge on any atom is 0.237 e. The van der Waals surface area contributed by atoms with Crippen LogP contribution in [0.2, 0.25) is 0 Å². The number of thioether (sulfide) groups is 1. The van der Waals surface area contributed by atoms with Crippen LogP contribution < -0.4 is 16.0 Å². The molecule has 1 fully saturated rings. The fraction of sp³-hybridized carbons (Fsp3) is 0.462. The van der Waals surface area contributed by atoms with Gasteiger partial charge in [-0.25, -0.2) is 9.97 Å². The Bertz CT molecular complexity index is 1190. The van der Waals surface area contributed by atoms with E-state index in [2.05, 4.69) is 38.9 Å². The number of hydrogen-bond donors (Lipinski definition) is 3. The van der Waals surface area contributed by atoms with E-state index in [4.69, 9.17) is 0 Å². The Labute approximate surface area is 227 Å². The monoisotopic (exact) mass is 538 g/mol. The Morgan fingerprint density at radius 1 is 1.26 bits per heavy atom. The van der Waals surface area contributed by atoms with E-state index < -0.39 is 0 Å². The molecular weight excluding hydrogens is 504 g/mol. The number of aromatic nitrogens is 2. The molecule has 0 radical (unpaired) electrons. The third-order valence-corrected chi connectivity index (χ3v) is 7.00. The van der Waals surface area contributed by atoms with E-state index in [0.29, 0.717) is 74.5 Å². The summed E-state index contributed by atoms with van der Waals surface area (Å²) < 4.78 is 0. The molecule has 2 aromatic rings. The number of hydrogen-bond acceptors (Lipinski definition) is 10. The largest absolute Gasteiger partial charge is 0.381 e. The molecule has 12 heteroatoms. The predicted molar refractivity (Wildman–Crippen MR) is 149 cm³/mol. The molecule has 3 rings (SSSR count). The highest BCUT2D eigenvalue weighted by molar-refractivity contribution is 7.98. The number of aldehydes is 1. The molecule has 1 unspecified atom stereocenters. The summed E-state index contributed by atoms with van der Waals surface area (Å²) in [5, 5.41) is 18.7. The molecule has 1 aliphatic heterocycles. The van der Waals surface area contributed by atoms with Crippen LogP contribution in [0.5, 0.6) is 0 Å². The van der Waals surface area contributed by atoms with Crippen molar-refractivity contribution >= 4 is 47.7 Å². The van der Waals surface area contributed by atoms with Gasteiger partial charge < -0.3 is 20.9 Å². The maximum atomic E-state index is 12.4. The molecule has 0 aliphatic carbocycles. The first-order valence-corrected chi connectivity index (χ1v) is 13.8. The second-order valence-electron chi connectivity index (χ2n) is 9.23. The van der Waals surface area contributed by atoms with Gasteiger partial charge in [0.15, 0.2) is 6.29 Å². The molecule has 1 saturated heterocycles. The lowest BCUT2D eigenvalue weighted by Crippen LogP contribution is -2.48. The molecule has 0 saturated carbocycles. The van der Waals surface area contributed by atoms with Gasteiger partial charge in [-0.1, -0.05) is 0 Å². The number of carbonyl (C=O) groups excluding carboxylic acids is 3. The maximum absolute atomic E-state index is 12.4. The van der Waals surface area contributed by atoms with Crippen molar-refractivity contribution in [3.8, 4) is 6.07 Å². The number of likely N-dealkylation sites (N-methyl/N-ethyl adjacent to an activating group) is 1. The smallest absolute Gasteiger partial charge is 0.237 e. The first kappa shape index (κ1) is 28.9. The lowest BCUT2D eigenvalue weighted by molar-refractivity contribution is -0.136. The second-order valence-corrected chi connectivity index (χ2v) is 10.1. The van der Waals surface area contributed by atoms with E-state index in [1.807, 2.05) is 30.3 Å². The quantitative estimate of drug-likeness (QED) is 0.242. The fourth-order valence-corrected chi connectivity index (χ4v) is 4.81. The van der Waals surface area contributed by atoms with Crippen LogP contribution in [0.1, 0.15) is 40.5 Å². The van der Waals surface area contributed by atoms with Crippen LogP contribution in [0.4, 0.5) is 17.3 Å². The van der Waals surface area contributed by atoms with Crippen LogP contribution in [0.25, 0.3) is 0 Å². The Morgan fingerprint density at radius 3 is 2.76 bits per heavy atom. The van der Waals surface area contributed by atoms with Crippen molar-refractivity contribution in [1.82, 2.24) is 19.8 Å². The van der Waals surface area contributed by atoms with Crippen LogP contribution in [-0.4, -0.2) is 89.6 Å². The van der Waals surface area contributed by atoms with Crippen molar-refractivity contribution in [2.45, 2.75) is 32.4 Å². The Balaban J connectivity index is 1.68. The summed E-state index contributed by atoms with van der Waals surface area (Å²) in [6, 6.07) is 6.06. The SMILES string of the molecule is CSCC(C)Nc1cc(NCCCc2cc(CN3CCN(C)CC3=O)c(C=O)nc2NC=O)ncc1C#N. The molecule has 2 amide bonds. The molecule has 0 spiro atoms. The Hall–Kier alpha value is -3.69. The van der Waals surface area contributed by atoms with Crippen LogP contribution in [0.3, 0.4) is 0 Å². The van der Waals surface area contributed by atoms with Gasteiger partial charge in [0.2, 0.25) is 12.3 Å². The molecule has 3 heterocycles. The zero-order valence-corrected chi connectivity index (χ0v) is 22.8. The van der Waals surface area contributed by atoms with Crippen LogP contribution in [0.15, 0.2) is 18.3 Å². The molecule has 202 valence electrons. The lowest BCUT2D eigenvalue weighted by atomic mass is 10.0. The molecular formula is C26H34N8O3S. The van der Waals surface area contributed by atoms with E-state index in [-0.39, 0.29) is 17.6 Å². The topological polar surface area (TPSA) is 143 Å². The first-order valence-electron chi connectivity index (χ1n) is 12.4. The zero-order chi connectivity index (χ0) is 27.5. The molecule has 1 aliphatic rings. The van der Waals surface area contributed by atoms with Gasteiger partial charge in [-0.2, -0.15) is 17.0 Å². The normalized spacial score (nSPS) is 14.5. The van der Waals surface area contributed by atoms with Gasteiger partial charge in [-0.3, -0.25) is 19.3 Å². The number of nitrogens with zero attached hydrogens (tertiary/aromatic N) is 5. The summed E-state index contributed by atoms with van der Waals surface area (Å²) in [5.74, 6) is 1.90. The summed E-state index contributed by atoms with van der Waals surface area (Å²) in [7, 11) is 1.90. The molecule has 1 atom stereocenters.